The first-order valence-corrected chi connectivity index (χ1v) is 38.6. The third-order valence-electron chi connectivity index (χ3n) is 17.8. The molecular weight excluding hydrogens is 1550 g/mol. The Kier molecular flexibility index (Phi) is 35.6. The van der Waals surface area contributed by atoms with E-state index in [0.717, 1.165) is 49.7 Å². The van der Waals surface area contributed by atoms with Crippen LogP contribution in [-0.4, -0.2) is 170 Å². The van der Waals surface area contributed by atoms with Crippen molar-refractivity contribution in [2.24, 2.45) is 0 Å². The van der Waals surface area contributed by atoms with E-state index in [1.165, 1.54) is 59.5 Å². The molecule has 33 nitrogen and oxygen atoms in total. The number of hydrogen-bond donors (Lipinski definition) is 8. The first kappa shape index (κ1) is 93.2. The monoisotopic (exact) mass is 1660 g/mol. The van der Waals surface area contributed by atoms with Crippen LogP contribution in [0.1, 0.15) is 126 Å². The molecule has 6 aromatic heterocycles. The number of rotatable bonds is 31. The Morgan fingerprint density at radius 1 is 0.462 bits per heavy atom. The van der Waals surface area contributed by atoms with Crippen molar-refractivity contribution < 1.29 is 85.9 Å². The summed E-state index contributed by atoms with van der Waals surface area (Å²) in [5.41, 5.74) is 3.25. The Morgan fingerprint density at radius 2 is 0.765 bits per heavy atom. The zero-order valence-electron chi connectivity index (χ0n) is 69.3. The Bertz CT molecular complexity index is 5310. The van der Waals surface area contributed by atoms with Crippen LogP contribution in [-0.2, 0) is 70.8 Å². The maximum atomic E-state index is 13.2. The molecule has 1 atom stereocenters. The molecule has 2 amide bonds. The second-order valence-electron chi connectivity index (χ2n) is 27.5. The predicted molar refractivity (Wildman–Crippen MR) is 449 cm³/mol. The first-order chi connectivity index (χ1) is 57.1. The van der Waals surface area contributed by atoms with Gasteiger partial charge in [0.05, 0.1) is 102 Å². The summed E-state index contributed by atoms with van der Waals surface area (Å²) >= 11 is 0. The molecule has 0 bridgehead atoms. The van der Waals surface area contributed by atoms with E-state index in [2.05, 4.69) is 57.8 Å². The van der Waals surface area contributed by atoms with Crippen molar-refractivity contribution in [3.05, 3.63) is 192 Å². The minimum atomic E-state index is -0.786. The number of unbranched alkanes of at least 4 members (excludes halogenated alkanes) is 3. The summed E-state index contributed by atoms with van der Waals surface area (Å²) in [6.45, 7) is 12.4. The number of methoxy groups -OCH3 is 6. The number of nitrogens with one attached hydrogen (secondary N) is 4. The number of pyridine rings is 3. The number of aromatic nitrogens is 9. The Labute approximate surface area is 690 Å². The first-order valence-electron chi connectivity index (χ1n) is 38.0. The largest absolute Gasteiger partial charge is 0.481 e. The smallest absolute Gasteiger partial charge is 0.307 e. The van der Waals surface area contributed by atoms with Crippen LogP contribution in [0.3, 0.4) is 0 Å². The molecule has 0 spiro atoms. The second kappa shape index (κ2) is 45.5. The zero-order valence-corrected chi connectivity index (χ0v) is 70.5. The van der Waals surface area contributed by atoms with Gasteiger partial charge >= 0.3 is 32.8 Å². The summed E-state index contributed by atoms with van der Waals surface area (Å²) in [5, 5.41) is 69.3. The molecule has 0 radical (unpaired) electrons. The third kappa shape index (κ3) is 24.8. The van der Waals surface area contributed by atoms with Gasteiger partial charge in [-0.25, -0.2) is 4.79 Å². The van der Waals surface area contributed by atoms with E-state index in [9.17, 15) is 44.1 Å². The zero-order chi connectivity index (χ0) is 87.0. The normalized spacial score (nSPS) is 10.7. The molecule has 0 saturated heterocycles. The van der Waals surface area contributed by atoms with E-state index >= 15 is 0 Å². The van der Waals surface area contributed by atoms with E-state index in [-0.39, 0.29) is 95.2 Å². The molecular formula is C84H102BN12O21P. The summed E-state index contributed by atoms with van der Waals surface area (Å²) in [7, 11) is 15.9. The van der Waals surface area contributed by atoms with Crippen molar-refractivity contribution >= 4 is 34.0 Å². The maximum Gasteiger partial charge on any atom is 0.307 e. The summed E-state index contributed by atoms with van der Waals surface area (Å²) in [6.07, 6.45) is 6.42. The number of aromatic hydroxyl groups is 3. The number of carboxylic acids is 1. The van der Waals surface area contributed by atoms with E-state index in [0.29, 0.717) is 124 Å². The van der Waals surface area contributed by atoms with Crippen molar-refractivity contribution in [2.75, 3.05) is 63.8 Å². The minimum absolute atomic E-state index is 0.0408. The van der Waals surface area contributed by atoms with Crippen LogP contribution < -0.4 is 50.4 Å². The topological polar surface area (TPSA) is 448 Å². The standard InChI is InChI=1S/C29H32N4O6.C26H34N4O7.C21H26N4O5.C8H8O2.BH2OP/c1-5-6-13-19-24(25-20(37-3)14-10-15-21(25)38-4)27(35)26(28(36)30-19)29-32-31-22(39-29)17-33(2)23(34)16-18-11-8-7-9-12-18;1-8-9-11-15-19(20-16(34-6)12-10-13-17(20)35-7)22(31)21(23(32)27-15)24-29-28-18(36-24)14-30(5)25(33)37-26(2,3)4;1-5-6-8-12-16(17-13(28-3)9-7-10-14(17)29-4)19(26)18(20(27)23-12)21-25-24-15(30-21)11-22-2;9-8(10)6-7-4-2-1-3-5-7;2-1-3/h7-12,14-15H,5-6,13,16-17H2,1-4H3,(H2,30,35,36);10,12-13H,8-9,11,14H2,1-7H3,(H2,27,31,32);7,9-10,22H,5-6,8,11H2,1-4H3,(H2,23,26,27);1-5H,6H2,(H,9,10);3H2. The van der Waals surface area contributed by atoms with Gasteiger partial charge in [0.1, 0.15) is 80.6 Å². The Balaban J connectivity index is 0.000000230. The van der Waals surface area contributed by atoms with Gasteiger partial charge in [0.2, 0.25) is 23.6 Å². The molecule has 0 aliphatic heterocycles. The van der Waals surface area contributed by atoms with Gasteiger partial charge in [-0.15, -0.1) is 30.6 Å². The van der Waals surface area contributed by atoms with Gasteiger partial charge in [-0.2, -0.15) is 0 Å². The molecule has 35 heteroatoms. The van der Waals surface area contributed by atoms with E-state index < -0.39 is 34.3 Å². The fourth-order valence-corrected chi connectivity index (χ4v) is 12.2. The van der Waals surface area contributed by atoms with Crippen LogP contribution in [0.2, 0.25) is 0 Å². The fraction of sp³-hybridized carbons (Fsp3) is 0.357. The van der Waals surface area contributed by atoms with Crippen LogP contribution in [0.5, 0.6) is 51.7 Å². The molecule has 1 unspecified atom stereocenters. The van der Waals surface area contributed by atoms with E-state index in [1.54, 1.807) is 102 Å². The number of likely N-dealkylation sites (N-methyl/N-ethyl adjacent to an activating group) is 1. The van der Waals surface area contributed by atoms with Gasteiger partial charge in [-0.1, -0.05) is 119 Å². The van der Waals surface area contributed by atoms with Crippen molar-refractivity contribution in [3.8, 4) is 119 Å². The van der Waals surface area contributed by atoms with E-state index in [1.807, 2.05) is 71.5 Å². The molecule has 11 aromatic rings. The van der Waals surface area contributed by atoms with Gasteiger partial charge in [0, 0.05) is 31.2 Å². The molecule has 0 fully saturated rings. The van der Waals surface area contributed by atoms with Gasteiger partial charge < -0.3 is 96.9 Å². The van der Waals surface area contributed by atoms with Gasteiger partial charge in [-0.05, 0) is 114 Å². The number of aliphatic carboxylic acids is 1. The fourth-order valence-electron chi connectivity index (χ4n) is 12.2. The quantitative estimate of drug-likeness (QED) is 0.0148. The van der Waals surface area contributed by atoms with Crippen LogP contribution in [0.25, 0.3) is 67.7 Å². The van der Waals surface area contributed by atoms with Crippen LogP contribution in [0.4, 0.5) is 4.79 Å². The summed E-state index contributed by atoms with van der Waals surface area (Å²) in [6, 6.07) is 34.4. The molecule has 0 saturated carbocycles. The number of nitrogens with zero attached hydrogens (tertiary/aromatic N) is 8. The van der Waals surface area contributed by atoms with Crippen LogP contribution in [0.15, 0.2) is 143 Å². The molecule has 6 heterocycles. The number of aromatic amines is 3. The van der Waals surface area contributed by atoms with Crippen molar-refractivity contribution in [1.82, 2.24) is 60.7 Å². The van der Waals surface area contributed by atoms with Gasteiger partial charge in [0.25, 0.3) is 34.3 Å². The number of amides is 2. The average molecular weight is 1660 g/mol. The minimum Gasteiger partial charge on any atom is -0.481 e. The summed E-state index contributed by atoms with van der Waals surface area (Å²) in [5.74, 6) is 1.08. The number of ether oxygens (including phenoxy) is 7. The summed E-state index contributed by atoms with van der Waals surface area (Å²) < 4.78 is 64.4. The second-order valence-corrected chi connectivity index (χ2v) is 27.8. The van der Waals surface area contributed by atoms with Gasteiger partial charge in [0.15, 0.2) is 0 Å². The number of carbonyl (C=O) groups is 3. The number of carbonyl (C=O) groups excluding carboxylic acids is 2. The molecule has 632 valence electrons. The Hall–Kier alpha value is -13.0. The average Bonchev–Trinajstić information content (AvgIpc) is 1.71. The number of aryl methyl sites for hydroxylation is 3. The molecule has 0 aliphatic carbocycles. The number of H-pyrrole nitrogens is 3. The molecule has 8 N–H and O–H groups in total. The molecule has 5 aromatic carbocycles. The number of benzene rings is 5. The summed E-state index contributed by atoms with van der Waals surface area (Å²) in [4.78, 5) is 85.7. The molecule has 11 rings (SSSR count). The Morgan fingerprint density at radius 3 is 1.06 bits per heavy atom. The third-order valence-corrected chi connectivity index (χ3v) is 17.8. The maximum absolute atomic E-state index is 13.2. The SMILES string of the molecule is CCCCc1[nH]c(=O)c(-c2nnc(CN(C)C(=O)Cc3ccccc3)o2)c(O)c1-c1c(OC)cccc1OC.CCCCc1[nH]c(=O)c(-c2nnc(CN(C)C(=O)OC(C)(C)C)o2)c(O)c1-c1c(OC)cccc1OC.CCCCc1[nH]c(=O)c(-c2nnc(CNC)o2)c(O)c1-c1c(OC)cccc1OC.O=BP.O=C(O)Cc1ccccc1. The predicted octanol–water partition coefficient (Wildman–Crippen LogP) is 12.9. The van der Waals surface area contributed by atoms with Crippen molar-refractivity contribution in [2.45, 2.75) is 137 Å². The van der Waals surface area contributed by atoms with Gasteiger partial charge in [-0.3, -0.25) is 24.0 Å². The number of hydrogen-bond acceptors (Lipinski definition) is 27. The number of carboxylic acid groups (broad SMARTS) is 1. The van der Waals surface area contributed by atoms with E-state index in [4.69, 9.17) is 56.2 Å². The van der Waals surface area contributed by atoms with Crippen molar-refractivity contribution in [3.63, 3.8) is 0 Å². The van der Waals surface area contributed by atoms with Crippen molar-refractivity contribution in [1.29, 1.82) is 0 Å². The molecule has 119 heavy (non-hydrogen) atoms. The van der Waals surface area contributed by atoms with Crippen LogP contribution in [0, 0.1) is 0 Å². The van der Waals surface area contributed by atoms with Crippen LogP contribution >= 0.6 is 9.12 Å². The molecule has 0 aliphatic rings.